The minimum Gasteiger partial charge on any atom is -0.490 e. The zero-order chi connectivity index (χ0) is 34.9. The molecule has 0 aliphatic carbocycles. The number of hydrogen-bond donors (Lipinski definition) is 1. The van der Waals surface area contributed by atoms with Crippen LogP contribution in [0.2, 0.25) is 0 Å². The predicted octanol–water partition coefficient (Wildman–Crippen LogP) is 5.38. The molecule has 0 bridgehead atoms. The number of alkyl halides is 3. The van der Waals surface area contributed by atoms with Crippen molar-refractivity contribution in [2.75, 3.05) is 26.2 Å². The number of carbonyl (C=O) groups is 2. The van der Waals surface area contributed by atoms with E-state index in [9.17, 15) is 31.2 Å². The van der Waals surface area contributed by atoms with Crippen LogP contribution in [0.5, 0.6) is 11.5 Å². The lowest BCUT2D eigenvalue weighted by Crippen LogP contribution is -2.50. The summed E-state index contributed by atoms with van der Waals surface area (Å²) in [5, 5.41) is 3.77. The average molecular weight is 693 g/mol. The molecule has 2 saturated heterocycles. The molecule has 0 atom stereocenters. The number of likely N-dealkylation sites (tertiary alicyclic amines) is 1. The molecule has 5 rings (SSSR count). The zero-order valence-electron chi connectivity index (χ0n) is 27.2. The van der Waals surface area contributed by atoms with Gasteiger partial charge in [0.1, 0.15) is 34.6 Å². The summed E-state index contributed by atoms with van der Waals surface area (Å²) in [6.07, 6.45) is -2.21. The number of nitrogens with zero attached hydrogens (tertiary/aromatic N) is 3. The van der Waals surface area contributed by atoms with E-state index in [0.29, 0.717) is 37.2 Å². The van der Waals surface area contributed by atoms with Crippen LogP contribution in [0.4, 0.5) is 18.0 Å². The maximum absolute atomic E-state index is 13.2. The topological polar surface area (TPSA) is 127 Å². The molecule has 48 heavy (non-hydrogen) atoms. The van der Waals surface area contributed by atoms with Gasteiger partial charge in [0.15, 0.2) is 0 Å². The number of rotatable bonds is 7. The first-order chi connectivity index (χ1) is 22.4. The minimum atomic E-state index is -4.87. The highest BCUT2D eigenvalue weighted by atomic mass is 32.2. The molecule has 260 valence electrons. The number of amidine groups is 1. The van der Waals surface area contributed by atoms with E-state index in [0.717, 1.165) is 23.1 Å². The Balaban J connectivity index is 1.16. The summed E-state index contributed by atoms with van der Waals surface area (Å²) in [7, 11) is -3.83. The number of amides is 2. The number of aryl methyl sites for hydroxylation is 1. The van der Waals surface area contributed by atoms with Gasteiger partial charge in [-0.15, -0.1) is 13.2 Å². The van der Waals surface area contributed by atoms with Gasteiger partial charge in [0.05, 0.1) is 0 Å². The second-order valence-corrected chi connectivity index (χ2v) is 14.9. The largest absolute Gasteiger partial charge is 0.573 e. The molecule has 0 radical (unpaired) electrons. The molecule has 0 saturated carbocycles. The van der Waals surface area contributed by atoms with Crippen LogP contribution in [-0.2, 0) is 19.6 Å². The standard InChI is InChI=1S/C33H39F3N4O7S/c1-22-20-26(45-25-10-15-39(16-11-25)30(42)47-31(2,3)4)9-8-23(22)12-19-48(43,44)40-17-13-32(14-18-40)29(41)37-28(38-32)24-6-5-7-27(21-24)46-33(34,35)36/h5-9,12,19-21,25H,10-11,13-18H2,1-4H3,(H,37,38,41). The van der Waals surface area contributed by atoms with Gasteiger partial charge in [-0.1, -0.05) is 18.2 Å². The molecule has 1 N–H and O–H groups in total. The molecule has 0 aromatic heterocycles. The number of aliphatic imine (C=N–C) groups is 1. The summed E-state index contributed by atoms with van der Waals surface area (Å²) in [6.45, 7) is 8.48. The van der Waals surface area contributed by atoms with Crippen LogP contribution in [-0.4, -0.2) is 85.2 Å². The average Bonchev–Trinajstić information content (AvgIpc) is 3.30. The highest BCUT2D eigenvalue weighted by Gasteiger charge is 2.47. The normalized spacial score (nSPS) is 19.4. The van der Waals surface area contributed by atoms with Crippen molar-refractivity contribution in [1.29, 1.82) is 0 Å². The fourth-order valence-electron chi connectivity index (χ4n) is 5.77. The highest BCUT2D eigenvalue weighted by Crippen LogP contribution is 2.33. The van der Waals surface area contributed by atoms with E-state index in [2.05, 4.69) is 15.0 Å². The second-order valence-electron chi connectivity index (χ2n) is 13.1. The van der Waals surface area contributed by atoms with Crippen molar-refractivity contribution >= 4 is 33.9 Å². The fraction of sp³-hybridized carbons (Fsp3) is 0.485. The summed E-state index contributed by atoms with van der Waals surface area (Å²) in [6, 6.07) is 10.5. The molecule has 2 fully saturated rings. The second kappa shape index (κ2) is 13.4. The molecular weight excluding hydrogens is 653 g/mol. The highest BCUT2D eigenvalue weighted by molar-refractivity contribution is 7.92. The van der Waals surface area contributed by atoms with Gasteiger partial charge in [0.2, 0.25) is 10.0 Å². The molecule has 15 heteroatoms. The summed E-state index contributed by atoms with van der Waals surface area (Å²) in [5.74, 6) is -0.115. The Morgan fingerprint density at radius 3 is 2.33 bits per heavy atom. The van der Waals surface area contributed by atoms with Gasteiger partial charge >= 0.3 is 12.5 Å². The lowest BCUT2D eigenvalue weighted by atomic mass is 9.89. The van der Waals surface area contributed by atoms with Crippen LogP contribution in [0.15, 0.2) is 52.9 Å². The van der Waals surface area contributed by atoms with Gasteiger partial charge in [0, 0.05) is 50.0 Å². The summed E-state index contributed by atoms with van der Waals surface area (Å²) < 4.78 is 81.2. The van der Waals surface area contributed by atoms with E-state index in [1.165, 1.54) is 22.5 Å². The number of carbonyl (C=O) groups excluding carboxylic acids is 2. The molecule has 3 aliphatic heterocycles. The number of nitrogens with one attached hydrogen (secondary N) is 1. The van der Waals surface area contributed by atoms with Gasteiger partial charge in [-0.05, 0) is 82.0 Å². The van der Waals surface area contributed by atoms with Gasteiger partial charge in [-0.25, -0.2) is 13.2 Å². The molecule has 2 aromatic carbocycles. The van der Waals surface area contributed by atoms with E-state index < -0.39 is 39.2 Å². The first-order valence-corrected chi connectivity index (χ1v) is 17.1. The molecule has 3 aliphatic rings. The summed E-state index contributed by atoms with van der Waals surface area (Å²) in [4.78, 5) is 31.5. The van der Waals surface area contributed by atoms with Crippen molar-refractivity contribution in [3.05, 3.63) is 64.6 Å². The third kappa shape index (κ3) is 8.67. The summed E-state index contributed by atoms with van der Waals surface area (Å²) in [5.41, 5.74) is -0.0152. The number of benzene rings is 2. The first kappa shape index (κ1) is 35.2. The lowest BCUT2D eigenvalue weighted by molar-refractivity contribution is -0.274. The Morgan fingerprint density at radius 2 is 1.71 bits per heavy atom. The van der Waals surface area contributed by atoms with Crippen molar-refractivity contribution < 1.29 is 45.4 Å². The van der Waals surface area contributed by atoms with Gasteiger partial charge < -0.3 is 24.4 Å². The maximum atomic E-state index is 13.2. The monoisotopic (exact) mass is 692 g/mol. The Hall–Kier alpha value is -4.11. The van der Waals surface area contributed by atoms with E-state index in [1.807, 2.05) is 33.8 Å². The van der Waals surface area contributed by atoms with E-state index >= 15 is 0 Å². The lowest BCUT2D eigenvalue weighted by Gasteiger charge is -2.34. The fourth-order valence-corrected chi connectivity index (χ4v) is 6.95. The predicted molar refractivity (Wildman–Crippen MR) is 172 cm³/mol. The molecule has 2 amide bonds. The van der Waals surface area contributed by atoms with Crippen molar-refractivity contribution in [1.82, 2.24) is 14.5 Å². The zero-order valence-corrected chi connectivity index (χ0v) is 28.0. The number of sulfonamides is 1. The third-order valence-electron chi connectivity index (χ3n) is 8.29. The van der Waals surface area contributed by atoms with E-state index in [4.69, 9.17) is 9.47 Å². The van der Waals surface area contributed by atoms with Crippen LogP contribution in [0.3, 0.4) is 0 Å². The maximum Gasteiger partial charge on any atom is 0.573 e. The quantitative estimate of drug-likeness (QED) is 0.413. The van der Waals surface area contributed by atoms with Crippen LogP contribution in [0, 0.1) is 6.92 Å². The molecular formula is C33H39F3N4O7S. The van der Waals surface area contributed by atoms with Gasteiger partial charge in [0.25, 0.3) is 5.91 Å². The number of halogens is 3. The van der Waals surface area contributed by atoms with Crippen LogP contribution < -0.4 is 14.8 Å². The van der Waals surface area contributed by atoms with Crippen molar-refractivity contribution in [3.63, 3.8) is 0 Å². The molecule has 3 heterocycles. The van der Waals surface area contributed by atoms with Gasteiger partial charge in [-0.3, -0.25) is 9.79 Å². The Morgan fingerprint density at radius 1 is 1.02 bits per heavy atom. The SMILES string of the molecule is Cc1cc(OC2CCN(C(=O)OC(C)(C)C)CC2)ccc1C=CS(=O)(=O)N1CCC2(CC1)N=C(c1cccc(OC(F)(F)F)c1)NC2=O. The van der Waals surface area contributed by atoms with E-state index in [-0.39, 0.29) is 49.5 Å². The third-order valence-corrected chi connectivity index (χ3v) is 9.85. The Labute approximate surface area is 277 Å². The van der Waals surface area contributed by atoms with Crippen LogP contribution in [0.1, 0.15) is 63.1 Å². The Bertz CT molecular complexity index is 1700. The molecule has 11 nitrogen and oxygen atoms in total. The van der Waals surface area contributed by atoms with Crippen molar-refractivity contribution in [3.8, 4) is 11.5 Å². The minimum absolute atomic E-state index is 0.0343. The number of piperidine rings is 2. The summed E-state index contributed by atoms with van der Waals surface area (Å²) >= 11 is 0. The molecule has 2 aromatic rings. The van der Waals surface area contributed by atoms with E-state index in [1.54, 1.807) is 17.0 Å². The number of hydrogen-bond acceptors (Lipinski definition) is 8. The Kier molecular flexibility index (Phi) is 9.84. The molecule has 0 unspecified atom stereocenters. The smallest absolute Gasteiger partial charge is 0.490 e. The first-order valence-electron chi connectivity index (χ1n) is 15.6. The van der Waals surface area contributed by atoms with Gasteiger partial charge in [-0.2, -0.15) is 4.31 Å². The van der Waals surface area contributed by atoms with Crippen molar-refractivity contribution in [2.24, 2.45) is 4.99 Å². The van der Waals surface area contributed by atoms with Crippen LogP contribution in [0.25, 0.3) is 6.08 Å². The van der Waals surface area contributed by atoms with Crippen LogP contribution >= 0.6 is 0 Å². The number of ether oxygens (including phenoxy) is 3. The molecule has 1 spiro atoms. The van der Waals surface area contributed by atoms with Crippen molar-refractivity contribution in [2.45, 2.75) is 77.0 Å².